The molecule has 0 saturated carbocycles. The van der Waals surface area contributed by atoms with Gasteiger partial charge >= 0.3 is 0 Å². The minimum Gasteiger partial charge on any atom is -0.479 e. The van der Waals surface area contributed by atoms with Crippen molar-refractivity contribution in [1.29, 1.82) is 0 Å². The number of carbonyl (C=O) groups excluding carboxylic acids is 2. The van der Waals surface area contributed by atoms with Gasteiger partial charge in [-0.15, -0.1) is 0 Å². The van der Waals surface area contributed by atoms with Gasteiger partial charge < -0.3 is 15.0 Å². The number of hydrogen-bond acceptors (Lipinski definition) is 3. The van der Waals surface area contributed by atoms with E-state index in [2.05, 4.69) is 19.2 Å². The Morgan fingerprint density at radius 2 is 2.14 bits per heavy atom. The highest BCUT2D eigenvalue weighted by molar-refractivity contribution is 6.00. The number of carbonyl (C=O) groups is 2. The predicted octanol–water partition coefficient (Wildman–Crippen LogP) is 2.81. The standard InChI is InChI=1S/C16H22N2O3/c1-5-15(19)17-12-6-7-13-14(8-12)21-11(4)16(20)18(13)9-10(2)3/h6-8,10-11H,5,9H2,1-4H3,(H,17,19). The van der Waals surface area contributed by atoms with Crippen LogP contribution in [0.3, 0.4) is 0 Å². The highest BCUT2D eigenvalue weighted by Gasteiger charge is 2.31. The van der Waals surface area contributed by atoms with Gasteiger partial charge in [-0.1, -0.05) is 20.8 Å². The van der Waals surface area contributed by atoms with Gasteiger partial charge in [0, 0.05) is 24.7 Å². The Morgan fingerprint density at radius 3 is 2.76 bits per heavy atom. The van der Waals surface area contributed by atoms with Crippen LogP contribution in [0, 0.1) is 5.92 Å². The van der Waals surface area contributed by atoms with Crippen molar-refractivity contribution < 1.29 is 14.3 Å². The van der Waals surface area contributed by atoms with E-state index in [1.807, 2.05) is 6.07 Å². The molecule has 0 aromatic heterocycles. The van der Waals surface area contributed by atoms with Gasteiger partial charge in [0.25, 0.3) is 5.91 Å². The number of fused-ring (bicyclic) bond motifs is 1. The van der Waals surface area contributed by atoms with E-state index in [1.165, 1.54) is 0 Å². The highest BCUT2D eigenvalue weighted by atomic mass is 16.5. The first-order chi connectivity index (χ1) is 9.92. The lowest BCUT2D eigenvalue weighted by molar-refractivity contribution is -0.125. The predicted molar refractivity (Wildman–Crippen MR) is 82.6 cm³/mol. The maximum atomic E-state index is 12.3. The summed E-state index contributed by atoms with van der Waals surface area (Å²) in [6.45, 7) is 8.34. The van der Waals surface area contributed by atoms with Crippen LogP contribution >= 0.6 is 0 Å². The fraction of sp³-hybridized carbons (Fsp3) is 0.500. The van der Waals surface area contributed by atoms with Gasteiger partial charge in [-0.05, 0) is 25.0 Å². The van der Waals surface area contributed by atoms with Crippen LogP contribution in [0.4, 0.5) is 11.4 Å². The minimum absolute atomic E-state index is 0.0263. The Morgan fingerprint density at radius 1 is 1.43 bits per heavy atom. The third kappa shape index (κ3) is 3.35. The molecule has 0 fully saturated rings. The Bertz CT molecular complexity index is 554. The topological polar surface area (TPSA) is 58.6 Å². The summed E-state index contributed by atoms with van der Waals surface area (Å²) in [6, 6.07) is 5.40. The Labute approximate surface area is 125 Å². The normalized spacial score (nSPS) is 17.5. The molecule has 5 heteroatoms. The zero-order chi connectivity index (χ0) is 15.6. The molecule has 2 amide bonds. The number of benzene rings is 1. The van der Waals surface area contributed by atoms with Crippen molar-refractivity contribution in [2.45, 2.75) is 40.2 Å². The molecule has 21 heavy (non-hydrogen) atoms. The van der Waals surface area contributed by atoms with Gasteiger partial charge in [0.15, 0.2) is 6.10 Å². The molecule has 0 saturated heterocycles. The van der Waals surface area contributed by atoms with Crippen LogP contribution < -0.4 is 15.0 Å². The molecule has 1 N–H and O–H groups in total. The monoisotopic (exact) mass is 290 g/mol. The summed E-state index contributed by atoms with van der Waals surface area (Å²) in [4.78, 5) is 25.5. The van der Waals surface area contributed by atoms with E-state index in [9.17, 15) is 9.59 Å². The van der Waals surface area contributed by atoms with E-state index in [-0.39, 0.29) is 11.8 Å². The summed E-state index contributed by atoms with van der Waals surface area (Å²) in [6.07, 6.45) is -0.0832. The number of rotatable bonds is 4. The fourth-order valence-electron chi connectivity index (χ4n) is 2.29. The Balaban J connectivity index is 2.32. The summed E-state index contributed by atoms with van der Waals surface area (Å²) in [7, 11) is 0. The second-order valence-corrected chi connectivity index (χ2v) is 5.69. The molecule has 1 unspecified atom stereocenters. The molecular formula is C16H22N2O3. The number of nitrogens with zero attached hydrogens (tertiary/aromatic N) is 1. The molecule has 114 valence electrons. The van der Waals surface area contributed by atoms with Crippen LogP contribution in [0.2, 0.25) is 0 Å². The lowest BCUT2D eigenvalue weighted by Gasteiger charge is -2.34. The average Bonchev–Trinajstić information content (AvgIpc) is 2.43. The maximum Gasteiger partial charge on any atom is 0.267 e. The molecule has 1 aromatic carbocycles. The second-order valence-electron chi connectivity index (χ2n) is 5.69. The largest absolute Gasteiger partial charge is 0.479 e. The van der Waals surface area contributed by atoms with Crippen molar-refractivity contribution in [2.75, 3.05) is 16.8 Å². The average molecular weight is 290 g/mol. The number of anilines is 2. The third-order valence-electron chi connectivity index (χ3n) is 3.32. The lowest BCUT2D eigenvalue weighted by atomic mass is 10.1. The molecule has 2 rings (SSSR count). The van der Waals surface area contributed by atoms with Gasteiger partial charge in [-0.25, -0.2) is 0 Å². The molecule has 1 atom stereocenters. The molecule has 1 aromatic rings. The van der Waals surface area contributed by atoms with Gasteiger partial charge in [0.2, 0.25) is 5.91 Å². The quantitative estimate of drug-likeness (QED) is 0.927. The molecule has 0 spiro atoms. The van der Waals surface area contributed by atoms with Gasteiger partial charge in [-0.2, -0.15) is 0 Å². The molecule has 1 heterocycles. The first-order valence-corrected chi connectivity index (χ1v) is 7.34. The molecule has 0 aliphatic carbocycles. The molecule has 0 radical (unpaired) electrons. The van der Waals surface area contributed by atoms with Crippen LogP contribution in [0.25, 0.3) is 0 Å². The van der Waals surface area contributed by atoms with Crippen LogP contribution in [-0.4, -0.2) is 24.5 Å². The summed E-state index contributed by atoms with van der Waals surface area (Å²) in [5.41, 5.74) is 1.45. The summed E-state index contributed by atoms with van der Waals surface area (Å²) in [5.74, 6) is 0.929. The SMILES string of the molecule is CCC(=O)Nc1ccc2c(c1)OC(C)C(=O)N2CC(C)C. The van der Waals surface area contributed by atoms with E-state index < -0.39 is 6.10 Å². The molecule has 5 nitrogen and oxygen atoms in total. The van der Waals surface area contributed by atoms with E-state index in [1.54, 1.807) is 30.9 Å². The van der Waals surface area contributed by atoms with Crippen LogP contribution in [-0.2, 0) is 9.59 Å². The van der Waals surface area contributed by atoms with Crippen molar-refractivity contribution in [3.05, 3.63) is 18.2 Å². The summed E-state index contributed by atoms with van der Waals surface area (Å²) >= 11 is 0. The molecular weight excluding hydrogens is 268 g/mol. The number of nitrogens with one attached hydrogen (secondary N) is 1. The number of amides is 2. The van der Waals surface area contributed by atoms with Crippen LogP contribution in [0.5, 0.6) is 5.75 Å². The van der Waals surface area contributed by atoms with Gasteiger partial charge in [-0.3, -0.25) is 9.59 Å². The minimum atomic E-state index is -0.506. The number of ether oxygens (including phenoxy) is 1. The van der Waals surface area contributed by atoms with Gasteiger partial charge in [0.1, 0.15) is 5.75 Å². The molecule has 1 aliphatic rings. The van der Waals surface area contributed by atoms with Crippen molar-refractivity contribution in [2.24, 2.45) is 5.92 Å². The lowest BCUT2D eigenvalue weighted by Crippen LogP contribution is -2.46. The van der Waals surface area contributed by atoms with Crippen molar-refractivity contribution >= 4 is 23.2 Å². The fourth-order valence-corrected chi connectivity index (χ4v) is 2.29. The molecule has 1 aliphatic heterocycles. The summed E-state index contributed by atoms with van der Waals surface area (Å²) in [5, 5.41) is 2.80. The zero-order valence-electron chi connectivity index (χ0n) is 13.0. The van der Waals surface area contributed by atoms with Crippen molar-refractivity contribution in [3.63, 3.8) is 0 Å². The maximum absolute atomic E-state index is 12.3. The third-order valence-corrected chi connectivity index (χ3v) is 3.32. The van der Waals surface area contributed by atoms with E-state index in [0.29, 0.717) is 30.3 Å². The Hall–Kier alpha value is -2.04. The van der Waals surface area contributed by atoms with Crippen molar-refractivity contribution in [3.8, 4) is 5.75 Å². The smallest absolute Gasteiger partial charge is 0.267 e. The van der Waals surface area contributed by atoms with Crippen molar-refractivity contribution in [1.82, 2.24) is 0 Å². The second kappa shape index (κ2) is 6.16. The van der Waals surface area contributed by atoms with E-state index >= 15 is 0 Å². The zero-order valence-corrected chi connectivity index (χ0v) is 13.0. The Kier molecular flexibility index (Phi) is 4.50. The first-order valence-electron chi connectivity index (χ1n) is 7.34. The number of hydrogen-bond donors (Lipinski definition) is 1. The molecule has 0 bridgehead atoms. The highest BCUT2D eigenvalue weighted by Crippen LogP contribution is 2.36. The van der Waals surface area contributed by atoms with Crippen LogP contribution in [0.1, 0.15) is 34.1 Å². The van der Waals surface area contributed by atoms with E-state index in [4.69, 9.17) is 4.74 Å². The van der Waals surface area contributed by atoms with E-state index in [0.717, 1.165) is 5.69 Å². The summed E-state index contributed by atoms with van der Waals surface area (Å²) < 4.78 is 5.67. The van der Waals surface area contributed by atoms with Gasteiger partial charge in [0.05, 0.1) is 5.69 Å². The van der Waals surface area contributed by atoms with Crippen LogP contribution in [0.15, 0.2) is 18.2 Å². The first kappa shape index (κ1) is 15.4.